The molecule has 148 valence electrons. The van der Waals surface area contributed by atoms with Crippen molar-refractivity contribution >= 4 is 44.8 Å². The molecule has 11 heteroatoms. The van der Waals surface area contributed by atoms with E-state index < -0.39 is 21.9 Å². The molecule has 1 aromatic carbocycles. The van der Waals surface area contributed by atoms with Crippen molar-refractivity contribution in [3.05, 3.63) is 46.2 Å². The first-order valence-electron chi connectivity index (χ1n) is 8.17. The van der Waals surface area contributed by atoms with E-state index in [1.54, 1.807) is 11.4 Å². The highest BCUT2D eigenvalue weighted by Crippen LogP contribution is 2.24. The first-order valence-corrected chi connectivity index (χ1v) is 10.5. The van der Waals surface area contributed by atoms with Gasteiger partial charge in [0, 0.05) is 18.7 Å². The maximum absolute atomic E-state index is 12.8. The molecule has 2 aromatic rings. The van der Waals surface area contributed by atoms with Crippen LogP contribution >= 0.6 is 11.3 Å². The minimum Gasteiger partial charge on any atom is -0.465 e. The van der Waals surface area contributed by atoms with Gasteiger partial charge in [-0.3, -0.25) is 9.59 Å². The fourth-order valence-corrected chi connectivity index (χ4v) is 4.83. The first-order chi connectivity index (χ1) is 13.3. The number of carbonyl (C=O) groups is 3. The molecule has 1 aliphatic heterocycles. The Labute approximate surface area is 165 Å². The minimum absolute atomic E-state index is 0.0895. The fourth-order valence-electron chi connectivity index (χ4n) is 2.62. The number of anilines is 1. The number of amides is 2. The van der Waals surface area contributed by atoms with Crippen LogP contribution in [0.5, 0.6) is 0 Å². The fraction of sp³-hybridized carbons (Fsp3) is 0.235. The molecule has 28 heavy (non-hydrogen) atoms. The third-order valence-corrected chi connectivity index (χ3v) is 6.76. The number of ether oxygens (including phenoxy) is 1. The highest BCUT2D eigenvalue weighted by atomic mass is 32.2. The van der Waals surface area contributed by atoms with Gasteiger partial charge in [0.15, 0.2) is 0 Å². The zero-order valence-electron chi connectivity index (χ0n) is 14.8. The van der Waals surface area contributed by atoms with E-state index in [0.717, 1.165) is 15.6 Å². The van der Waals surface area contributed by atoms with Crippen LogP contribution in [0, 0.1) is 0 Å². The predicted octanol–water partition coefficient (Wildman–Crippen LogP) is 0.907. The second kappa shape index (κ2) is 8.09. The number of piperazine rings is 1. The van der Waals surface area contributed by atoms with Crippen LogP contribution in [0.25, 0.3) is 0 Å². The van der Waals surface area contributed by atoms with Gasteiger partial charge >= 0.3 is 5.97 Å². The van der Waals surface area contributed by atoms with Gasteiger partial charge in [-0.05, 0) is 29.6 Å². The molecule has 0 saturated carbocycles. The highest BCUT2D eigenvalue weighted by molar-refractivity contribution is 7.89. The summed E-state index contributed by atoms with van der Waals surface area (Å²) in [6.45, 7) is 0.116. The van der Waals surface area contributed by atoms with Gasteiger partial charge < -0.3 is 15.4 Å². The van der Waals surface area contributed by atoms with Crippen molar-refractivity contribution in [2.75, 3.05) is 32.1 Å². The topological polar surface area (TPSA) is 122 Å². The summed E-state index contributed by atoms with van der Waals surface area (Å²) in [5.74, 6) is -1.53. The molecular weight excluding hydrogens is 406 g/mol. The third-order valence-electron chi connectivity index (χ3n) is 4.02. The Hall–Kier alpha value is -2.76. The number of hydrogen-bond acceptors (Lipinski definition) is 7. The summed E-state index contributed by atoms with van der Waals surface area (Å²) in [5.41, 5.74) is 0.382. The van der Waals surface area contributed by atoms with E-state index in [-0.39, 0.29) is 46.6 Å². The Kier molecular flexibility index (Phi) is 5.77. The Morgan fingerprint density at radius 2 is 2.07 bits per heavy atom. The van der Waals surface area contributed by atoms with E-state index in [1.807, 2.05) is 0 Å². The largest absolute Gasteiger partial charge is 0.465 e. The van der Waals surface area contributed by atoms with Crippen molar-refractivity contribution in [3.63, 3.8) is 0 Å². The van der Waals surface area contributed by atoms with Crippen LogP contribution < -0.4 is 10.6 Å². The van der Waals surface area contributed by atoms with Gasteiger partial charge in [0.1, 0.15) is 4.88 Å². The third kappa shape index (κ3) is 4.06. The molecule has 0 radical (unpaired) electrons. The normalized spacial score (nSPS) is 15.0. The van der Waals surface area contributed by atoms with E-state index in [0.29, 0.717) is 0 Å². The number of methoxy groups -OCH3 is 1. The molecule has 1 aliphatic rings. The van der Waals surface area contributed by atoms with Crippen LogP contribution in [-0.4, -0.2) is 57.3 Å². The van der Waals surface area contributed by atoms with Crippen molar-refractivity contribution < 1.29 is 27.5 Å². The predicted molar refractivity (Wildman–Crippen MR) is 102 cm³/mol. The quantitative estimate of drug-likeness (QED) is 0.690. The van der Waals surface area contributed by atoms with Crippen LogP contribution in [0.2, 0.25) is 0 Å². The van der Waals surface area contributed by atoms with Gasteiger partial charge in [0.2, 0.25) is 15.9 Å². The summed E-state index contributed by atoms with van der Waals surface area (Å²) in [6.07, 6.45) is 0. The number of nitrogens with zero attached hydrogens (tertiary/aromatic N) is 1. The molecule has 1 saturated heterocycles. The van der Waals surface area contributed by atoms with Gasteiger partial charge in [-0.25, -0.2) is 13.2 Å². The Morgan fingerprint density at radius 1 is 1.29 bits per heavy atom. The Bertz CT molecular complexity index is 1030. The van der Waals surface area contributed by atoms with Crippen LogP contribution in [0.3, 0.4) is 0 Å². The number of benzene rings is 1. The summed E-state index contributed by atoms with van der Waals surface area (Å²) in [4.78, 5) is 35.9. The van der Waals surface area contributed by atoms with Gasteiger partial charge in [0.05, 0.1) is 24.2 Å². The zero-order valence-corrected chi connectivity index (χ0v) is 16.4. The average Bonchev–Trinajstić information content (AvgIpc) is 3.15. The Balaban J connectivity index is 1.83. The second-order valence-corrected chi connectivity index (χ2v) is 8.68. The van der Waals surface area contributed by atoms with Crippen molar-refractivity contribution in [2.24, 2.45) is 0 Å². The summed E-state index contributed by atoms with van der Waals surface area (Å²) in [5, 5.41) is 6.78. The number of nitrogens with one attached hydrogen (secondary N) is 2. The number of esters is 1. The molecule has 2 N–H and O–H groups in total. The molecule has 0 bridgehead atoms. The van der Waals surface area contributed by atoms with E-state index in [9.17, 15) is 22.8 Å². The van der Waals surface area contributed by atoms with Crippen molar-refractivity contribution in [2.45, 2.75) is 4.90 Å². The number of hydrogen-bond donors (Lipinski definition) is 2. The Morgan fingerprint density at radius 3 is 2.79 bits per heavy atom. The van der Waals surface area contributed by atoms with E-state index in [1.165, 1.54) is 31.4 Å². The SMILES string of the molecule is COC(=O)c1sccc1NC(=O)c1cccc(S(=O)(=O)N2CCNC(=O)C2)c1. The number of thiophene rings is 1. The van der Waals surface area contributed by atoms with Gasteiger partial charge in [-0.2, -0.15) is 4.31 Å². The molecular formula is C17H17N3O6S2. The molecule has 0 aliphatic carbocycles. The minimum atomic E-state index is -3.92. The molecule has 0 unspecified atom stereocenters. The summed E-state index contributed by atoms with van der Waals surface area (Å²) < 4.78 is 31.3. The monoisotopic (exact) mass is 423 g/mol. The van der Waals surface area contributed by atoms with Crippen molar-refractivity contribution in [1.29, 1.82) is 0 Å². The van der Waals surface area contributed by atoms with Crippen LogP contribution in [0.15, 0.2) is 40.6 Å². The standard InChI is InChI=1S/C17H17N3O6S2/c1-26-17(23)15-13(5-8-27-15)19-16(22)11-3-2-4-12(9-11)28(24,25)20-7-6-18-14(21)10-20/h2-5,8-9H,6-7,10H2,1H3,(H,18,21)(H,19,22). The van der Waals surface area contributed by atoms with Crippen molar-refractivity contribution in [1.82, 2.24) is 9.62 Å². The lowest BCUT2D eigenvalue weighted by Gasteiger charge is -2.26. The smallest absolute Gasteiger partial charge is 0.350 e. The number of rotatable bonds is 5. The highest BCUT2D eigenvalue weighted by Gasteiger charge is 2.29. The van der Waals surface area contributed by atoms with Crippen LogP contribution in [0.1, 0.15) is 20.0 Å². The van der Waals surface area contributed by atoms with Crippen molar-refractivity contribution in [3.8, 4) is 0 Å². The second-order valence-electron chi connectivity index (χ2n) is 5.83. The molecule has 2 amide bonds. The lowest BCUT2D eigenvalue weighted by molar-refractivity contribution is -0.122. The first kappa shape index (κ1) is 20.0. The lowest BCUT2D eigenvalue weighted by Crippen LogP contribution is -2.49. The van der Waals surface area contributed by atoms with E-state index in [2.05, 4.69) is 15.4 Å². The van der Waals surface area contributed by atoms with Crippen LogP contribution in [-0.2, 0) is 19.6 Å². The molecule has 1 aromatic heterocycles. The van der Waals surface area contributed by atoms with E-state index in [4.69, 9.17) is 0 Å². The molecule has 0 spiro atoms. The lowest BCUT2D eigenvalue weighted by atomic mass is 10.2. The summed E-state index contributed by atoms with van der Waals surface area (Å²) in [7, 11) is -2.68. The summed E-state index contributed by atoms with van der Waals surface area (Å²) >= 11 is 1.12. The van der Waals surface area contributed by atoms with Gasteiger partial charge in [-0.15, -0.1) is 11.3 Å². The van der Waals surface area contributed by atoms with Gasteiger partial charge in [0.25, 0.3) is 5.91 Å². The van der Waals surface area contributed by atoms with E-state index >= 15 is 0 Å². The number of carbonyl (C=O) groups excluding carboxylic acids is 3. The zero-order chi connectivity index (χ0) is 20.3. The number of sulfonamides is 1. The molecule has 3 rings (SSSR count). The molecule has 2 heterocycles. The van der Waals surface area contributed by atoms with Crippen LogP contribution in [0.4, 0.5) is 5.69 Å². The maximum atomic E-state index is 12.8. The maximum Gasteiger partial charge on any atom is 0.350 e. The molecule has 1 fully saturated rings. The molecule has 9 nitrogen and oxygen atoms in total. The van der Waals surface area contributed by atoms with Gasteiger partial charge in [-0.1, -0.05) is 6.07 Å². The summed E-state index contributed by atoms with van der Waals surface area (Å²) in [6, 6.07) is 7.06. The molecule has 0 atom stereocenters. The average molecular weight is 423 g/mol.